The molecule has 0 bridgehead atoms. The maximum absolute atomic E-state index is 12.8. The van der Waals surface area contributed by atoms with E-state index < -0.39 is 0 Å². The Morgan fingerprint density at radius 1 is 0.810 bits per heavy atom. The lowest BCUT2D eigenvalue weighted by Crippen LogP contribution is -2.22. The fraction of sp³-hybridized carbons (Fsp3) is 0.550. The van der Waals surface area contributed by atoms with Gasteiger partial charge in [-0.1, -0.05) is 133 Å². The summed E-state index contributed by atoms with van der Waals surface area (Å²) in [5.41, 5.74) is 5.08. The Kier molecular flexibility index (Phi) is 22.0. The van der Waals surface area contributed by atoms with Crippen LogP contribution in [0.1, 0.15) is 134 Å². The van der Waals surface area contributed by atoms with Crippen LogP contribution in [0, 0.1) is 24.2 Å². The van der Waals surface area contributed by atoms with E-state index in [9.17, 15) is 4.39 Å². The minimum atomic E-state index is -0.195. The molecule has 2 aromatic carbocycles. The van der Waals surface area contributed by atoms with Crippen molar-refractivity contribution < 1.29 is 4.39 Å². The molecule has 232 valence electrons. The predicted octanol–water partition coefficient (Wildman–Crippen LogP) is 11.8. The first-order valence-electron chi connectivity index (χ1n) is 16.7. The highest BCUT2D eigenvalue weighted by atomic mass is 19.1. The Labute approximate surface area is 259 Å². The topological polar surface area (TPSA) is 12.0 Å². The highest BCUT2D eigenvalue weighted by Crippen LogP contribution is 2.17. The maximum atomic E-state index is 12.8. The van der Waals surface area contributed by atoms with Gasteiger partial charge in [-0.2, -0.15) is 0 Å². The van der Waals surface area contributed by atoms with Gasteiger partial charge in [-0.3, -0.25) is 0 Å². The lowest BCUT2D eigenvalue weighted by atomic mass is 10.0. The highest BCUT2D eigenvalue weighted by molar-refractivity contribution is 5.29. The van der Waals surface area contributed by atoms with Gasteiger partial charge in [0.25, 0.3) is 0 Å². The van der Waals surface area contributed by atoms with Crippen LogP contribution in [0.25, 0.3) is 0 Å². The molecule has 2 rings (SSSR count). The third kappa shape index (κ3) is 20.1. The molecule has 42 heavy (non-hydrogen) atoms. The number of terminal acetylenes is 1. The van der Waals surface area contributed by atoms with Gasteiger partial charge in [-0.05, 0) is 99.5 Å². The van der Waals surface area contributed by atoms with Crippen molar-refractivity contribution in [2.75, 3.05) is 0 Å². The van der Waals surface area contributed by atoms with Crippen molar-refractivity contribution in [1.29, 1.82) is 0 Å². The van der Waals surface area contributed by atoms with Crippen molar-refractivity contribution in [1.82, 2.24) is 5.32 Å². The van der Waals surface area contributed by atoms with Gasteiger partial charge in [0, 0.05) is 12.1 Å². The van der Waals surface area contributed by atoms with E-state index in [1.165, 1.54) is 119 Å². The van der Waals surface area contributed by atoms with Crippen LogP contribution in [0.4, 0.5) is 4.39 Å². The summed E-state index contributed by atoms with van der Waals surface area (Å²) >= 11 is 0. The predicted molar refractivity (Wildman–Crippen MR) is 184 cm³/mol. The molecular weight excluding hydrogens is 513 g/mol. The molecule has 1 N–H and O–H groups in total. The zero-order valence-electron chi connectivity index (χ0n) is 27.4. The number of nitrogens with one attached hydrogen (secondary N) is 1. The number of allylic oxidation sites excluding steroid dienone is 3. The van der Waals surface area contributed by atoms with Crippen LogP contribution in [0.15, 0.2) is 72.8 Å². The molecule has 2 atom stereocenters. The molecule has 0 aliphatic heterocycles. The summed E-state index contributed by atoms with van der Waals surface area (Å²) in [6, 6.07) is 17.8. The van der Waals surface area contributed by atoms with Gasteiger partial charge in [0.2, 0.25) is 0 Å². The monoisotopic (exact) mass is 573 g/mol. The molecule has 2 heteroatoms. The molecule has 0 spiro atoms. The zero-order valence-corrected chi connectivity index (χ0v) is 27.4. The van der Waals surface area contributed by atoms with Crippen LogP contribution in [0.2, 0.25) is 0 Å². The Hall–Kier alpha value is -2.79. The van der Waals surface area contributed by atoms with Crippen molar-refractivity contribution in [2.24, 2.45) is 5.92 Å². The summed E-state index contributed by atoms with van der Waals surface area (Å²) in [5, 5.41) is 2.95. The molecule has 2 aromatic rings. The van der Waals surface area contributed by atoms with E-state index in [4.69, 9.17) is 6.42 Å². The Bertz CT molecular complexity index is 995. The van der Waals surface area contributed by atoms with Gasteiger partial charge in [0.05, 0.1) is 0 Å². The summed E-state index contributed by atoms with van der Waals surface area (Å²) < 4.78 is 12.8. The quantitative estimate of drug-likeness (QED) is 0.0678. The number of benzene rings is 2. The number of rotatable bonds is 21. The summed E-state index contributed by atoms with van der Waals surface area (Å²) in [7, 11) is 0. The smallest absolute Gasteiger partial charge is 0.123 e. The fourth-order valence-corrected chi connectivity index (χ4v) is 4.89. The fourth-order valence-electron chi connectivity index (χ4n) is 4.89. The Morgan fingerprint density at radius 2 is 1.36 bits per heavy atom. The minimum absolute atomic E-state index is 0.195. The van der Waals surface area contributed by atoms with Gasteiger partial charge in [0.1, 0.15) is 5.82 Å². The maximum Gasteiger partial charge on any atom is 0.123 e. The average Bonchev–Trinajstić information content (AvgIpc) is 2.98. The first kappa shape index (κ1) is 37.2. The largest absolute Gasteiger partial charge is 0.343 e. The first-order valence-corrected chi connectivity index (χ1v) is 16.7. The second-order valence-electron chi connectivity index (χ2n) is 12.1. The average molecular weight is 574 g/mol. The number of hydrogen-bond acceptors (Lipinski definition) is 1. The third-order valence-corrected chi connectivity index (χ3v) is 7.90. The van der Waals surface area contributed by atoms with Crippen LogP contribution in [-0.2, 0) is 12.8 Å². The summed E-state index contributed by atoms with van der Waals surface area (Å²) in [6.45, 7) is 13.2. The van der Waals surface area contributed by atoms with E-state index >= 15 is 0 Å². The van der Waals surface area contributed by atoms with Gasteiger partial charge >= 0.3 is 0 Å². The van der Waals surface area contributed by atoms with E-state index in [1.54, 1.807) is 0 Å². The second kappa shape index (κ2) is 24.8. The highest BCUT2D eigenvalue weighted by Gasteiger charge is 2.03. The third-order valence-electron chi connectivity index (χ3n) is 7.90. The van der Waals surface area contributed by atoms with Crippen molar-refractivity contribution in [3.8, 4) is 12.5 Å². The van der Waals surface area contributed by atoms with Crippen LogP contribution >= 0.6 is 0 Å². The molecule has 2 unspecified atom stereocenters. The Morgan fingerprint density at radius 3 is 1.93 bits per heavy atom. The van der Waals surface area contributed by atoms with Gasteiger partial charge in [0.15, 0.2) is 0 Å². The van der Waals surface area contributed by atoms with Crippen LogP contribution in [0.3, 0.4) is 0 Å². The Balaban J connectivity index is 0.000000421. The van der Waals surface area contributed by atoms with E-state index in [0.29, 0.717) is 0 Å². The van der Waals surface area contributed by atoms with E-state index in [0.717, 1.165) is 24.3 Å². The molecule has 0 fully saturated rings. The van der Waals surface area contributed by atoms with Gasteiger partial charge in [-0.15, -0.1) is 0 Å². The van der Waals surface area contributed by atoms with Crippen LogP contribution in [-0.4, -0.2) is 6.04 Å². The van der Waals surface area contributed by atoms with Gasteiger partial charge < -0.3 is 5.32 Å². The number of halogens is 1. The molecule has 0 aliphatic carbocycles. The molecule has 0 amide bonds. The summed E-state index contributed by atoms with van der Waals surface area (Å²) in [5.74, 6) is 0.656. The second-order valence-corrected chi connectivity index (χ2v) is 12.1. The standard InChI is InChI=1S/C22H42.C18H18FN/c1-5-7-8-12-16-19-22(4)20-17-14-11-9-10-13-15-18-21(3)6-2;1-3-20-14(2)12-15-4-6-16(7-5-15)13-17-8-10-18(19)11-9-17/h13,15,21H,4-12,14,16-20H2,1-3H3;1,4-11,14,20H,12-13H2,2H3/b15-13+;. The first-order chi connectivity index (χ1) is 20.4. The van der Waals surface area contributed by atoms with Crippen LogP contribution in [0.5, 0.6) is 0 Å². The summed E-state index contributed by atoms with van der Waals surface area (Å²) in [6.07, 6.45) is 30.5. The lowest BCUT2D eigenvalue weighted by Gasteiger charge is -2.10. The summed E-state index contributed by atoms with van der Waals surface area (Å²) in [4.78, 5) is 0. The van der Waals surface area contributed by atoms with Crippen molar-refractivity contribution >= 4 is 0 Å². The molecular formula is C40H60FN. The zero-order chi connectivity index (χ0) is 30.8. The SMILES string of the molecule is C#CNC(C)Cc1ccc(Cc2ccc(F)cc2)cc1.C=C(CCCCCCC)CCCCCC/C=C/CC(C)CC. The molecule has 0 saturated carbocycles. The number of hydrogen-bond donors (Lipinski definition) is 1. The van der Waals surface area contributed by atoms with Crippen LogP contribution < -0.4 is 5.32 Å². The molecule has 0 heterocycles. The van der Waals surface area contributed by atoms with E-state index in [2.05, 4.69) is 82.1 Å². The number of unbranched alkanes of at least 4 members (excludes halogenated alkanes) is 8. The normalized spacial score (nSPS) is 12.3. The molecule has 0 saturated heterocycles. The van der Waals surface area contributed by atoms with Crippen molar-refractivity contribution in [3.63, 3.8) is 0 Å². The van der Waals surface area contributed by atoms with E-state index in [-0.39, 0.29) is 11.9 Å². The lowest BCUT2D eigenvalue weighted by molar-refractivity contribution is 0.570. The van der Waals surface area contributed by atoms with E-state index in [1.807, 2.05) is 12.1 Å². The van der Waals surface area contributed by atoms with Crippen molar-refractivity contribution in [3.05, 3.63) is 95.3 Å². The van der Waals surface area contributed by atoms with Gasteiger partial charge in [-0.25, -0.2) is 4.39 Å². The van der Waals surface area contributed by atoms with Crippen molar-refractivity contribution in [2.45, 2.75) is 136 Å². The molecule has 0 aromatic heterocycles. The molecule has 0 radical (unpaired) electrons. The molecule has 1 nitrogen and oxygen atoms in total. The minimum Gasteiger partial charge on any atom is -0.343 e. The molecule has 0 aliphatic rings.